The molecule has 0 amide bonds. The first-order chi connectivity index (χ1) is 17.9. The number of carbonyl (C=O) groups excluding carboxylic acids is 2. The highest BCUT2D eigenvalue weighted by atomic mass is 35.5. The van der Waals surface area contributed by atoms with Crippen molar-refractivity contribution in [3.05, 3.63) is 82.9 Å². The molecule has 0 aliphatic heterocycles. The Hall–Kier alpha value is -4.37. The average Bonchev–Trinajstić information content (AvgIpc) is 3.45. The van der Waals surface area contributed by atoms with Gasteiger partial charge in [0.25, 0.3) is 5.91 Å². The van der Waals surface area contributed by atoms with E-state index in [4.69, 9.17) is 21.1 Å². The van der Waals surface area contributed by atoms with E-state index >= 15 is 0 Å². The molecule has 0 aliphatic rings. The van der Waals surface area contributed by atoms with Crippen molar-refractivity contribution in [2.24, 2.45) is 0 Å². The summed E-state index contributed by atoms with van der Waals surface area (Å²) >= 11 is 6.00. The highest BCUT2D eigenvalue weighted by molar-refractivity contribution is 6.30. The van der Waals surface area contributed by atoms with Crippen molar-refractivity contribution in [3.63, 3.8) is 0 Å². The monoisotopic (exact) mass is 517 g/mol. The molecule has 9 nitrogen and oxygen atoms in total. The largest absolute Gasteiger partial charge is 0.497 e. The Morgan fingerprint density at radius 3 is 2.57 bits per heavy atom. The maximum atomic E-state index is 13.5. The zero-order valence-electron chi connectivity index (χ0n) is 20.5. The highest BCUT2D eigenvalue weighted by Crippen LogP contribution is 2.31. The standard InChI is InChI=1S/C27H24ClN5O4/c1-16-21(13-24(34)37-15-32-11-10-20-25(29-2)30-14-31-26(20)32)22-12-19(36-3)8-9-23(22)33(16)27(35)17-4-6-18(28)7-5-17/h4-12,14H,13,15H2,1-3H3,(H,29,30,31). The van der Waals surface area contributed by atoms with Gasteiger partial charge in [0.05, 0.1) is 24.4 Å². The van der Waals surface area contributed by atoms with Crippen molar-refractivity contribution in [2.45, 2.75) is 20.1 Å². The summed E-state index contributed by atoms with van der Waals surface area (Å²) in [5.74, 6) is 0.659. The SMILES string of the molecule is CNc1ncnc2c1ccn2COC(=O)Cc1c(C)n(C(=O)c2ccc(Cl)cc2)c2ccc(OC)cc12. The van der Waals surface area contributed by atoms with Crippen LogP contribution in [-0.4, -0.2) is 45.1 Å². The van der Waals surface area contributed by atoms with Gasteiger partial charge < -0.3 is 14.8 Å². The number of benzene rings is 2. The van der Waals surface area contributed by atoms with Crippen LogP contribution in [0.25, 0.3) is 21.9 Å². The molecule has 0 saturated carbocycles. The summed E-state index contributed by atoms with van der Waals surface area (Å²) in [6, 6.07) is 14.0. The third kappa shape index (κ3) is 4.49. The number of nitrogens with one attached hydrogen (secondary N) is 1. The second kappa shape index (κ2) is 9.94. The number of esters is 1. The molecule has 0 spiro atoms. The van der Waals surface area contributed by atoms with E-state index in [0.29, 0.717) is 44.6 Å². The van der Waals surface area contributed by atoms with Crippen molar-refractivity contribution in [1.29, 1.82) is 0 Å². The smallest absolute Gasteiger partial charge is 0.312 e. The normalized spacial score (nSPS) is 11.1. The fourth-order valence-corrected chi connectivity index (χ4v) is 4.57. The van der Waals surface area contributed by atoms with Gasteiger partial charge in [0.1, 0.15) is 23.5 Å². The van der Waals surface area contributed by atoms with E-state index in [1.165, 1.54) is 6.33 Å². The molecule has 0 unspecified atom stereocenters. The van der Waals surface area contributed by atoms with Crippen molar-refractivity contribution in [1.82, 2.24) is 19.1 Å². The van der Waals surface area contributed by atoms with Gasteiger partial charge in [-0.05, 0) is 61.0 Å². The van der Waals surface area contributed by atoms with E-state index in [1.54, 1.807) is 59.8 Å². The molecule has 1 N–H and O–H groups in total. The molecule has 5 aromatic rings. The lowest BCUT2D eigenvalue weighted by Crippen LogP contribution is -2.15. The molecule has 2 aromatic carbocycles. The number of anilines is 1. The van der Waals surface area contributed by atoms with Crippen LogP contribution in [0.3, 0.4) is 0 Å². The summed E-state index contributed by atoms with van der Waals surface area (Å²) in [5, 5.41) is 5.14. The summed E-state index contributed by atoms with van der Waals surface area (Å²) in [6.07, 6.45) is 3.22. The molecule has 0 radical (unpaired) electrons. The Balaban J connectivity index is 1.45. The van der Waals surface area contributed by atoms with E-state index < -0.39 is 5.97 Å². The van der Waals surface area contributed by atoms with Crippen LogP contribution < -0.4 is 10.1 Å². The lowest BCUT2D eigenvalue weighted by Gasteiger charge is -2.09. The van der Waals surface area contributed by atoms with Gasteiger partial charge in [0.15, 0.2) is 6.73 Å². The number of rotatable bonds is 7. The van der Waals surface area contributed by atoms with E-state index in [9.17, 15) is 9.59 Å². The van der Waals surface area contributed by atoms with Crippen molar-refractivity contribution in [2.75, 3.05) is 19.5 Å². The van der Waals surface area contributed by atoms with Gasteiger partial charge in [-0.2, -0.15) is 0 Å². The van der Waals surface area contributed by atoms with Crippen molar-refractivity contribution in [3.8, 4) is 5.75 Å². The molecule has 188 valence electrons. The third-order valence-corrected chi connectivity index (χ3v) is 6.57. The van der Waals surface area contributed by atoms with Gasteiger partial charge in [0.2, 0.25) is 0 Å². The lowest BCUT2D eigenvalue weighted by atomic mass is 10.1. The van der Waals surface area contributed by atoms with Gasteiger partial charge in [-0.1, -0.05) is 11.6 Å². The molecule has 0 aliphatic carbocycles. The molecule has 0 bridgehead atoms. The van der Waals surface area contributed by atoms with E-state index in [2.05, 4.69) is 15.3 Å². The Morgan fingerprint density at radius 2 is 1.84 bits per heavy atom. The van der Waals surface area contributed by atoms with Gasteiger partial charge >= 0.3 is 5.97 Å². The molecule has 3 aromatic heterocycles. The van der Waals surface area contributed by atoms with Crippen LogP contribution in [0.2, 0.25) is 5.02 Å². The van der Waals surface area contributed by atoms with Crippen LogP contribution in [0.15, 0.2) is 61.1 Å². The Morgan fingerprint density at radius 1 is 1.05 bits per heavy atom. The summed E-state index contributed by atoms with van der Waals surface area (Å²) in [5.41, 5.74) is 3.15. The van der Waals surface area contributed by atoms with Crippen molar-refractivity contribution >= 4 is 51.2 Å². The minimum absolute atomic E-state index is 0.00673. The number of ether oxygens (including phenoxy) is 2. The number of fused-ring (bicyclic) bond motifs is 2. The Bertz CT molecular complexity index is 1640. The van der Waals surface area contributed by atoms with Crippen molar-refractivity contribution < 1.29 is 19.1 Å². The molecule has 37 heavy (non-hydrogen) atoms. The first-order valence-electron chi connectivity index (χ1n) is 11.5. The fraction of sp³-hybridized carbons (Fsp3) is 0.185. The van der Waals surface area contributed by atoms with Crippen LogP contribution in [0.4, 0.5) is 5.82 Å². The second-order valence-electron chi connectivity index (χ2n) is 8.41. The summed E-state index contributed by atoms with van der Waals surface area (Å²) in [7, 11) is 3.35. The predicted molar refractivity (Wildman–Crippen MR) is 141 cm³/mol. The van der Waals surface area contributed by atoms with E-state index in [1.807, 2.05) is 25.1 Å². The zero-order valence-corrected chi connectivity index (χ0v) is 21.2. The number of hydrogen-bond acceptors (Lipinski definition) is 7. The Labute approximate surface area is 217 Å². The van der Waals surface area contributed by atoms with Crippen LogP contribution in [0.1, 0.15) is 21.6 Å². The molecule has 5 rings (SSSR count). The third-order valence-electron chi connectivity index (χ3n) is 6.31. The maximum absolute atomic E-state index is 13.5. The first-order valence-corrected chi connectivity index (χ1v) is 11.9. The summed E-state index contributed by atoms with van der Waals surface area (Å²) < 4.78 is 14.3. The zero-order chi connectivity index (χ0) is 26.1. The lowest BCUT2D eigenvalue weighted by molar-refractivity contribution is -0.146. The minimum Gasteiger partial charge on any atom is -0.497 e. The molecule has 10 heteroatoms. The minimum atomic E-state index is -0.436. The van der Waals surface area contributed by atoms with Crippen LogP contribution >= 0.6 is 11.6 Å². The Kier molecular flexibility index (Phi) is 6.54. The highest BCUT2D eigenvalue weighted by Gasteiger charge is 2.22. The van der Waals surface area contributed by atoms with Gasteiger partial charge in [0, 0.05) is 34.9 Å². The number of aromatic nitrogens is 4. The molecule has 3 heterocycles. The van der Waals surface area contributed by atoms with E-state index in [0.717, 1.165) is 10.8 Å². The topological polar surface area (TPSA) is 100 Å². The van der Waals surface area contributed by atoms with Gasteiger partial charge in [-0.15, -0.1) is 0 Å². The number of carbonyl (C=O) groups is 2. The molecule has 0 atom stereocenters. The quantitative estimate of drug-likeness (QED) is 0.309. The van der Waals surface area contributed by atoms with E-state index in [-0.39, 0.29) is 19.1 Å². The average molecular weight is 518 g/mol. The van der Waals surface area contributed by atoms with Gasteiger partial charge in [-0.3, -0.25) is 18.7 Å². The molecular formula is C27H24ClN5O4. The predicted octanol–water partition coefficient (Wildman–Crippen LogP) is 4.83. The van der Waals surface area contributed by atoms with Gasteiger partial charge in [-0.25, -0.2) is 9.97 Å². The van der Waals surface area contributed by atoms with Crippen LogP contribution in [0, 0.1) is 6.92 Å². The van der Waals surface area contributed by atoms with Crippen LogP contribution in [0.5, 0.6) is 5.75 Å². The number of methoxy groups -OCH3 is 1. The fourth-order valence-electron chi connectivity index (χ4n) is 4.44. The van der Waals surface area contributed by atoms with Crippen LogP contribution in [-0.2, 0) is 22.7 Å². The first kappa shape index (κ1) is 24.3. The second-order valence-corrected chi connectivity index (χ2v) is 8.85. The molecule has 0 fully saturated rings. The number of halogens is 1. The maximum Gasteiger partial charge on any atom is 0.312 e. The summed E-state index contributed by atoms with van der Waals surface area (Å²) in [4.78, 5) is 34.9. The molecule has 0 saturated heterocycles. The molecular weight excluding hydrogens is 494 g/mol. The number of nitrogens with zero attached hydrogens (tertiary/aromatic N) is 4. The summed E-state index contributed by atoms with van der Waals surface area (Å²) in [6.45, 7) is 1.81. The number of hydrogen-bond donors (Lipinski definition) is 1.